The summed E-state index contributed by atoms with van der Waals surface area (Å²) in [4.78, 5) is 23.3. The number of carboxylic acids is 1. The van der Waals surface area contributed by atoms with E-state index in [2.05, 4.69) is 17.4 Å². The molecule has 0 radical (unpaired) electrons. The number of aromatic carboxylic acids is 1. The molecule has 2 aromatic rings. The maximum Gasteiger partial charge on any atom is 0.335 e. The zero-order valence-corrected chi connectivity index (χ0v) is 12.7. The zero-order valence-electron chi connectivity index (χ0n) is 12.7. The first-order chi connectivity index (χ1) is 11.1. The van der Waals surface area contributed by atoms with Gasteiger partial charge in [-0.3, -0.25) is 4.79 Å². The number of hydrogen-bond acceptors (Lipinski definition) is 2. The Labute approximate surface area is 135 Å². The van der Waals surface area contributed by atoms with Crippen molar-refractivity contribution in [2.24, 2.45) is 0 Å². The van der Waals surface area contributed by atoms with E-state index in [1.807, 2.05) is 18.2 Å². The Morgan fingerprint density at radius 3 is 2.35 bits per heavy atom. The Kier molecular flexibility index (Phi) is 4.42. The molecule has 1 aliphatic carbocycles. The molecule has 3 rings (SSSR count). The number of carbonyl (C=O) groups excluding carboxylic acids is 1. The van der Waals surface area contributed by atoms with E-state index in [1.165, 1.54) is 11.6 Å². The van der Waals surface area contributed by atoms with Gasteiger partial charge in [0.2, 0.25) is 5.91 Å². The van der Waals surface area contributed by atoms with Crippen molar-refractivity contribution in [3.8, 4) is 0 Å². The van der Waals surface area contributed by atoms with Crippen molar-refractivity contribution in [3.05, 3.63) is 71.3 Å². The van der Waals surface area contributed by atoms with Crippen molar-refractivity contribution in [2.45, 2.75) is 31.2 Å². The summed E-state index contributed by atoms with van der Waals surface area (Å²) in [6.45, 7) is 0. The number of benzene rings is 2. The van der Waals surface area contributed by atoms with Crippen LogP contribution in [0.15, 0.2) is 54.6 Å². The van der Waals surface area contributed by atoms with Crippen LogP contribution in [0.1, 0.15) is 40.2 Å². The molecule has 0 unspecified atom stereocenters. The molecular formula is C19H19NO3. The fourth-order valence-corrected chi connectivity index (χ4v) is 3.07. The maximum atomic E-state index is 12.1. The fourth-order valence-electron chi connectivity index (χ4n) is 3.07. The first-order valence-electron chi connectivity index (χ1n) is 7.79. The summed E-state index contributed by atoms with van der Waals surface area (Å²) in [5, 5.41) is 12.1. The lowest BCUT2D eigenvalue weighted by atomic mass is 9.76. The molecule has 1 fully saturated rings. The molecular weight excluding hydrogens is 290 g/mol. The Bertz CT molecular complexity index is 706. The SMILES string of the molecule is O=C(Cc1ccccc1C(=O)O)NC1CC(c2ccccc2)C1. The van der Waals surface area contributed by atoms with E-state index >= 15 is 0 Å². The van der Waals surface area contributed by atoms with E-state index in [-0.39, 0.29) is 23.9 Å². The summed E-state index contributed by atoms with van der Waals surface area (Å²) in [7, 11) is 0. The molecule has 1 saturated carbocycles. The second kappa shape index (κ2) is 6.65. The standard InChI is InChI=1S/C19H19NO3/c21-18(12-14-8-4-5-9-17(14)19(22)23)20-16-10-15(11-16)13-6-2-1-3-7-13/h1-9,15-16H,10-12H2,(H,20,21)(H,22,23). The third-order valence-electron chi connectivity index (χ3n) is 4.37. The Hall–Kier alpha value is -2.62. The van der Waals surface area contributed by atoms with Crippen LogP contribution in [0, 0.1) is 0 Å². The number of carbonyl (C=O) groups is 2. The highest BCUT2D eigenvalue weighted by molar-refractivity contribution is 5.91. The minimum Gasteiger partial charge on any atom is -0.478 e. The number of rotatable bonds is 5. The van der Waals surface area contributed by atoms with E-state index in [4.69, 9.17) is 5.11 Å². The summed E-state index contributed by atoms with van der Waals surface area (Å²) >= 11 is 0. The van der Waals surface area contributed by atoms with E-state index < -0.39 is 5.97 Å². The van der Waals surface area contributed by atoms with Crippen LogP contribution in [-0.2, 0) is 11.2 Å². The second-order valence-electron chi connectivity index (χ2n) is 5.98. The lowest BCUT2D eigenvalue weighted by molar-refractivity contribution is -0.121. The third kappa shape index (κ3) is 3.59. The van der Waals surface area contributed by atoms with Crippen LogP contribution in [0.3, 0.4) is 0 Å². The molecule has 0 atom stereocenters. The molecule has 4 heteroatoms. The molecule has 0 aromatic heterocycles. The van der Waals surface area contributed by atoms with E-state index in [1.54, 1.807) is 18.2 Å². The summed E-state index contributed by atoms with van der Waals surface area (Å²) in [6.07, 6.45) is 1.99. The summed E-state index contributed by atoms with van der Waals surface area (Å²) < 4.78 is 0. The minimum atomic E-state index is -0.999. The van der Waals surface area contributed by atoms with Gasteiger partial charge >= 0.3 is 5.97 Å². The molecule has 1 amide bonds. The lowest BCUT2D eigenvalue weighted by Crippen LogP contribution is -2.44. The summed E-state index contributed by atoms with van der Waals surface area (Å²) in [6, 6.07) is 17.1. The van der Waals surface area contributed by atoms with E-state index in [0.717, 1.165) is 12.8 Å². The van der Waals surface area contributed by atoms with Crippen molar-refractivity contribution in [1.82, 2.24) is 5.32 Å². The lowest BCUT2D eigenvalue weighted by Gasteiger charge is -2.36. The topological polar surface area (TPSA) is 66.4 Å². The van der Waals surface area contributed by atoms with Gasteiger partial charge in [-0.1, -0.05) is 48.5 Å². The Balaban J connectivity index is 1.53. The molecule has 118 valence electrons. The smallest absolute Gasteiger partial charge is 0.335 e. The minimum absolute atomic E-state index is 0.106. The molecule has 2 aromatic carbocycles. The van der Waals surface area contributed by atoms with Crippen molar-refractivity contribution in [2.75, 3.05) is 0 Å². The first kappa shape index (κ1) is 15.3. The highest BCUT2D eigenvalue weighted by atomic mass is 16.4. The van der Waals surface area contributed by atoms with Crippen LogP contribution in [0.2, 0.25) is 0 Å². The normalized spacial score (nSPS) is 19.7. The molecule has 23 heavy (non-hydrogen) atoms. The fraction of sp³-hybridized carbons (Fsp3) is 0.263. The van der Waals surface area contributed by atoms with Gasteiger partial charge in [-0.2, -0.15) is 0 Å². The van der Waals surface area contributed by atoms with Gasteiger partial charge in [-0.05, 0) is 36.0 Å². The molecule has 0 saturated heterocycles. The van der Waals surface area contributed by atoms with Crippen LogP contribution in [0.5, 0.6) is 0 Å². The van der Waals surface area contributed by atoms with Crippen molar-refractivity contribution < 1.29 is 14.7 Å². The van der Waals surface area contributed by atoms with Gasteiger partial charge in [0.25, 0.3) is 0 Å². The molecule has 2 N–H and O–H groups in total. The monoisotopic (exact) mass is 309 g/mol. The van der Waals surface area contributed by atoms with Crippen molar-refractivity contribution in [3.63, 3.8) is 0 Å². The third-order valence-corrected chi connectivity index (χ3v) is 4.37. The molecule has 0 spiro atoms. The highest BCUT2D eigenvalue weighted by Gasteiger charge is 2.31. The second-order valence-corrected chi connectivity index (χ2v) is 5.98. The van der Waals surface area contributed by atoms with Crippen molar-refractivity contribution >= 4 is 11.9 Å². The van der Waals surface area contributed by atoms with Crippen LogP contribution in [-0.4, -0.2) is 23.0 Å². The van der Waals surface area contributed by atoms with E-state index in [0.29, 0.717) is 11.5 Å². The highest BCUT2D eigenvalue weighted by Crippen LogP contribution is 2.36. The molecule has 4 nitrogen and oxygen atoms in total. The Morgan fingerprint density at radius 1 is 1.00 bits per heavy atom. The van der Waals surface area contributed by atoms with Gasteiger partial charge in [-0.25, -0.2) is 4.79 Å². The van der Waals surface area contributed by atoms with Gasteiger partial charge in [0.1, 0.15) is 0 Å². The van der Waals surface area contributed by atoms with E-state index in [9.17, 15) is 9.59 Å². The summed E-state index contributed by atoms with van der Waals surface area (Å²) in [5.74, 6) is -0.607. The first-order valence-corrected chi connectivity index (χ1v) is 7.79. The quantitative estimate of drug-likeness (QED) is 0.892. The predicted octanol–water partition coefficient (Wildman–Crippen LogP) is 2.99. The van der Waals surface area contributed by atoms with Crippen LogP contribution < -0.4 is 5.32 Å². The number of nitrogens with one attached hydrogen (secondary N) is 1. The van der Waals surface area contributed by atoms with Gasteiger partial charge in [0.05, 0.1) is 12.0 Å². The molecule has 0 aliphatic heterocycles. The van der Waals surface area contributed by atoms with Gasteiger partial charge in [0, 0.05) is 6.04 Å². The van der Waals surface area contributed by atoms with Crippen molar-refractivity contribution in [1.29, 1.82) is 0 Å². The number of amides is 1. The zero-order chi connectivity index (χ0) is 16.2. The van der Waals surface area contributed by atoms with Crippen LogP contribution in [0.4, 0.5) is 0 Å². The van der Waals surface area contributed by atoms with Gasteiger partial charge < -0.3 is 10.4 Å². The Morgan fingerprint density at radius 2 is 1.65 bits per heavy atom. The predicted molar refractivity (Wildman–Crippen MR) is 87.5 cm³/mol. The average Bonchev–Trinajstić information content (AvgIpc) is 2.51. The summed E-state index contributed by atoms with van der Waals surface area (Å²) in [5.41, 5.74) is 2.06. The van der Waals surface area contributed by atoms with Gasteiger partial charge in [0.15, 0.2) is 0 Å². The van der Waals surface area contributed by atoms with Gasteiger partial charge in [-0.15, -0.1) is 0 Å². The number of hydrogen-bond donors (Lipinski definition) is 2. The maximum absolute atomic E-state index is 12.1. The molecule has 0 bridgehead atoms. The largest absolute Gasteiger partial charge is 0.478 e. The number of carboxylic acid groups (broad SMARTS) is 1. The molecule has 1 aliphatic rings. The molecule has 0 heterocycles. The van der Waals surface area contributed by atoms with Crippen LogP contribution >= 0.6 is 0 Å². The van der Waals surface area contributed by atoms with Crippen LogP contribution in [0.25, 0.3) is 0 Å². The average molecular weight is 309 g/mol.